The van der Waals surface area contributed by atoms with Crippen molar-refractivity contribution in [2.24, 2.45) is 5.41 Å². The summed E-state index contributed by atoms with van der Waals surface area (Å²) in [4.78, 5) is 26.3. The van der Waals surface area contributed by atoms with E-state index in [9.17, 15) is 18.0 Å². The molecule has 8 nitrogen and oxygen atoms in total. The number of piperidine rings is 1. The zero-order valence-electron chi connectivity index (χ0n) is 16.4. The first-order valence-corrected chi connectivity index (χ1v) is 10.7. The highest BCUT2D eigenvalue weighted by Crippen LogP contribution is 2.44. The van der Waals surface area contributed by atoms with Crippen LogP contribution in [0.3, 0.4) is 0 Å². The van der Waals surface area contributed by atoms with Crippen molar-refractivity contribution < 1.29 is 27.5 Å². The lowest BCUT2D eigenvalue weighted by Crippen LogP contribution is -2.45. The molecule has 1 spiro atoms. The van der Waals surface area contributed by atoms with Gasteiger partial charge in [0, 0.05) is 26.1 Å². The predicted octanol–water partition coefficient (Wildman–Crippen LogP) is 1.12. The summed E-state index contributed by atoms with van der Waals surface area (Å²) in [5, 5.41) is 0. The maximum Gasteiger partial charge on any atom is 0.339 e. The normalized spacial score (nSPS) is 22.4. The molecule has 0 saturated carbocycles. The molecule has 2 saturated heterocycles. The molecule has 2 aliphatic rings. The number of carbonyl (C=O) groups excluding carboxylic acids is 2. The summed E-state index contributed by atoms with van der Waals surface area (Å²) < 4.78 is 37.8. The molecule has 154 valence electrons. The third-order valence-electron chi connectivity index (χ3n) is 5.48. The molecule has 2 fully saturated rings. The molecular formula is C19H26N2O6S. The highest BCUT2D eigenvalue weighted by Gasteiger charge is 2.51. The average Bonchev–Trinajstić information content (AvgIpc) is 2.95. The number of cyclic esters (lactones) is 1. The van der Waals surface area contributed by atoms with Gasteiger partial charge >= 0.3 is 11.9 Å². The van der Waals surface area contributed by atoms with E-state index < -0.39 is 21.4 Å². The van der Waals surface area contributed by atoms with Crippen molar-refractivity contribution in [1.82, 2.24) is 9.21 Å². The van der Waals surface area contributed by atoms with Gasteiger partial charge in [-0.25, -0.2) is 13.2 Å². The number of hydrogen-bond donors (Lipinski definition) is 0. The SMILES string of the molecule is COC(=O)c1ccccc1S(=O)(=O)N1CCC2(CC1)CC(CN(C)C)OC2=O. The summed E-state index contributed by atoms with van der Waals surface area (Å²) in [5.41, 5.74) is -0.606. The van der Waals surface area contributed by atoms with Crippen LogP contribution in [0.1, 0.15) is 29.6 Å². The Morgan fingerprint density at radius 1 is 1.29 bits per heavy atom. The topological polar surface area (TPSA) is 93.2 Å². The minimum atomic E-state index is -3.87. The Balaban J connectivity index is 1.77. The molecule has 0 N–H and O–H groups in total. The summed E-state index contributed by atoms with van der Waals surface area (Å²) in [7, 11) is 1.19. The average molecular weight is 410 g/mol. The molecule has 1 aromatic rings. The molecule has 1 aromatic carbocycles. The van der Waals surface area contributed by atoms with Crippen molar-refractivity contribution in [2.45, 2.75) is 30.3 Å². The van der Waals surface area contributed by atoms with E-state index in [2.05, 4.69) is 0 Å². The van der Waals surface area contributed by atoms with E-state index >= 15 is 0 Å². The molecule has 3 rings (SSSR count). The van der Waals surface area contributed by atoms with Crippen LogP contribution >= 0.6 is 0 Å². The Bertz CT molecular complexity index is 859. The quantitative estimate of drug-likeness (QED) is 0.672. The summed E-state index contributed by atoms with van der Waals surface area (Å²) in [5.74, 6) is -0.926. The van der Waals surface area contributed by atoms with Crippen LogP contribution in [0.5, 0.6) is 0 Å². The highest BCUT2D eigenvalue weighted by molar-refractivity contribution is 7.89. The number of methoxy groups -OCH3 is 1. The Morgan fingerprint density at radius 3 is 2.54 bits per heavy atom. The lowest BCUT2D eigenvalue weighted by Gasteiger charge is -2.36. The minimum Gasteiger partial charge on any atom is -0.465 e. The number of carbonyl (C=O) groups is 2. The van der Waals surface area contributed by atoms with Crippen molar-refractivity contribution in [3.8, 4) is 0 Å². The maximum absolute atomic E-state index is 13.1. The fraction of sp³-hybridized carbons (Fsp3) is 0.579. The zero-order chi connectivity index (χ0) is 20.5. The van der Waals surface area contributed by atoms with Crippen molar-refractivity contribution in [3.05, 3.63) is 29.8 Å². The second-order valence-electron chi connectivity index (χ2n) is 7.67. The third kappa shape index (κ3) is 3.78. The number of ether oxygens (including phenoxy) is 2. The molecule has 0 bridgehead atoms. The van der Waals surface area contributed by atoms with Crippen LogP contribution in [-0.4, -0.2) is 76.5 Å². The van der Waals surface area contributed by atoms with E-state index in [0.29, 0.717) is 25.8 Å². The van der Waals surface area contributed by atoms with E-state index in [1.54, 1.807) is 12.1 Å². The van der Waals surface area contributed by atoms with Crippen LogP contribution < -0.4 is 0 Å². The lowest BCUT2D eigenvalue weighted by molar-refractivity contribution is -0.150. The van der Waals surface area contributed by atoms with Gasteiger partial charge in [-0.3, -0.25) is 4.79 Å². The van der Waals surface area contributed by atoms with Gasteiger partial charge in [0.2, 0.25) is 10.0 Å². The summed E-state index contributed by atoms with van der Waals surface area (Å²) in [6, 6.07) is 6.01. The third-order valence-corrected chi connectivity index (χ3v) is 7.44. The number of rotatable bonds is 5. The Kier molecular flexibility index (Phi) is 5.79. The molecule has 2 heterocycles. The van der Waals surface area contributed by atoms with Crippen molar-refractivity contribution >= 4 is 22.0 Å². The first kappa shape index (κ1) is 20.8. The van der Waals surface area contributed by atoms with Gasteiger partial charge in [0.15, 0.2) is 0 Å². The van der Waals surface area contributed by atoms with Crippen LogP contribution in [0, 0.1) is 5.41 Å². The van der Waals surface area contributed by atoms with Crippen molar-refractivity contribution in [1.29, 1.82) is 0 Å². The minimum absolute atomic E-state index is 0.0107. The van der Waals surface area contributed by atoms with Crippen molar-refractivity contribution in [2.75, 3.05) is 40.8 Å². The number of likely N-dealkylation sites (N-methyl/N-ethyl adjacent to an activating group) is 1. The van der Waals surface area contributed by atoms with Crippen LogP contribution in [0.15, 0.2) is 29.2 Å². The lowest BCUT2D eigenvalue weighted by atomic mass is 9.76. The second kappa shape index (κ2) is 7.81. The molecule has 0 radical (unpaired) electrons. The van der Waals surface area contributed by atoms with Crippen LogP contribution in [0.2, 0.25) is 0 Å². The fourth-order valence-corrected chi connectivity index (χ4v) is 5.64. The van der Waals surface area contributed by atoms with Gasteiger partial charge in [-0.05, 0) is 39.1 Å². The van der Waals surface area contributed by atoms with E-state index in [1.807, 2.05) is 19.0 Å². The smallest absolute Gasteiger partial charge is 0.339 e. The number of esters is 2. The molecule has 28 heavy (non-hydrogen) atoms. The van der Waals surface area contributed by atoms with Gasteiger partial charge in [-0.1, -0.05) is 12.1 Å². The van der Waals surface area contributed by atoms with Gasteiger partial charge < -0.3 is 14.4 Å². The highest BCUT2D eigenvalue weighted by atomic mass is 32.2. The fourth-order valence-electron chi connectivity index (χ4n) is 4.02. The molecule has 2 aliphatic heterocycles. The number of sulfonamides is 1. The number of hydrogen-bond acceptors (Lipinski definition) is 7. The first-order valence-electron chi connectivity index (χ1n) is 9.23. The first-order chi connectivity index (χ1) is 13.2. The molecule has 0 amide bonds. The number of benzene rings is 1. The Morgan fingerprint density at radius 2 is 1.93 bits per heavy atom. The van der Waals surface area contributed by atoms with Crippen LogP contribution in [-0.2, 0) is 24.3 Å². The predicted molar refractivity (Wildman–Crippen MR) is 101 cm³/mol. The Hall–Kier alpha value is -1.97. The van der Waals surface area contributed by atoms with E-state index in [4.69, 9.17) is 9.47 Å². The molecule has 9 heteroatoms. The Labute approximate surface area is 165 Å². The number of nitrogens with zero attached hydrogens (tertiary/aromatic N) is 2. The largest absolute Gasteiger partial charge is 0.465 e. The van der Waals surface area contributed by atoms with E-state index in [0.717, 1.165) is 0 Å². The van der Waals surface area contributed by atoms with Gasteiger partial charge in [0.25, 0.3) is 0 Å². The van der Waals surface area contributed by atoms with Crippen LogP contribution in [0.4, 0.5) is 0 Å². The standard InChI is InChI=1S/C19H26N2O6S/c1-20(2)13-14-12-19(18(23)27-14)8-10-21(11-9-19)28(24,25)16-7-5-4-6-15(16)17(22)26-3/h4-7,14H,8-13H2,1-3H3. The maximum atomic E-state index is 13.1. The van der Waals surface area contributed by atoms with E-state index in [1.165, 1.54) is 23.5 Å². The van der Waals surface area contributed by atoms with Gasteiger partial charge in [-0.2, -0.15) is 4.31 Å². The molecule has 1 atom stereocenters. The monoisotopic (exact) mass is 410 g/mol. The zero-order valence-corrected chi connectivity index (χ0v) is 17.2. The molecule has 0 aromatic heterocycles. The summed E-state index contributed by atoms with van der Waals surface area (Å²) in [6.07, 6.45) is 1.27. The van der Waals surface area contributed by atoms with Crippen LogP contribution in [0.25, 0.3) is 0 Å². The van der Waals surface area contributed by atoms with Gasteiger partial charge in [0.1, 0.15) is 6.10 Å². The summed E-state index contributed by atoms with van der Waals surface area (Å²) in [6.45, 7) is 1.07. The molecular weight excluding hydrogens is 384 g/mol. The van der Waals surface area contributed by atoms with Gasteiger partial charge in [0.05, 0.1) is 23.0 Å². The molecule has 0 aliphatic carbocycles. The van der Waals surface area contributed by atoms with Crippen molar-refractivity contribution in [3.63, 3.8) is 0 Å². The summed E-state index contributed by atoms with van der Waals surface area (Å²) >= 11 is 0. The van der Waals surface area contributed by atoms with Gasteiger partial charge in [-0.15, -0.1) is 0 Å². The second-order valence-corrected chi connectivity index (χ2v) is 9.57. The van der Waals surface area contributed by atoms with E-state index in [-0.39, 0.29) is 35.6 Å². The molecule has 1 unspecified atom stereocenters.